The second-order valence-electron chi connectivity index (χ2n) is 5.08. The molecule has 0 unspecified atom stereocenters. The van der Waals surface area contributed by atoms with E-state index in [9.17, 15) is 4.39 Å². The molecule has 1 rings (SSSR count). The van der Waals surface area contributed by atoms with Crippen molar-refractivity contribution in [2.45, 2.75) is 46.2 Å². The molecule has 0 bridgehead atoms. The van der Waals surface area contributed by atoms with Crippen LogP contribution in [0.15, 0.2) is 18.2 Å². The first kappa shape index (κ1) is 15.0. The Bertz CT molecular complexity index is 364. The highest BCUT2D eigenvalue weighted by atomic mass is 19.1. The second-order valence-corrected chi connectivity index (χ2v) is 5.08. The van der Waals surface area contributed by atoms with Crippen molar-refractivity contribution < 1.29 is 4.39 Å². The number of rotatable bonds is 7. The summed E-state index contributed by atoms with van der Waals surface area (Å²) in [7, 11) is 2.07. The minimum absolute atomic E-state index is 0.164. The average Bonchev–Trinajstić information content (AvgIpc) is 2.33. The molecule has 0 spiro atoms. The minimum atomic E-state index is -0.164. The second kappa shape index (κ2) is 7.37. The van der Waals surface area contributed by atoms with Crippen molar-refractivity contribution in [2.24, 2.45) is 0 Å². The van der Waals surface area contributed by atoms with Gasteiger partial charge in [0.15, 0.2) is 0 Å². The predicted molar refractivity (Wildman–Crippen MR) is 76.6 cm³/mol. The molecule has 0 fully saturated rings. The fourth-order valence-corrected chi connectivity index (χ4v) is 1.90. The van der Waals surface area contributed by atoms with Crippen molar-refractivity contribution in [3.05, 3.63) is 29.6 Å². The van der Waals surface area contributed by atoms with E-state index in [1.165, 1.54) is 12.5 Å². The van der Waals surface area contributed by atoms with E-state index in [0.29, 0.717) is 12.6 Å². The van der Waals surface area contributed by atoms with Gasteiger partial charge >= 0.3 is 0 Å². The monoisotopic (exact) mass is 252 g/mol. The van der Waals surface area contributed by atoms with E-state index in [0.717, 1.165) is 24.2 Å². The number of halogens is 1. The van der Waals surface area contributed by atoms with Gasteiger partial charge in [0.1, 0.15) is 5.82 Å². The van der Waals surface area contributed by atoms with Crippen molar-refractivity contribution in [3.63, 3.8) is 0 Å². The van der Waals surface area contributed by atoms with Crippen molar-refractivity contribution in [1.82, 2.24) is 5.32 Å². The predicted octanol–water partition coefficient (Wildman–Crippen LogP) is 3.56. The van der Waals surface area contributed by atoms with Crippen LogP contribution in [-0.2, 0) is 6.54 Å². The van der Waals surface area contributed by atoms with Crippen LogP contribution < -0.4 is 10.2 Å². The van der Waals surface area contributed by atoms with Gasteiger partial charge in [-0.2, -0.15) is 0 Å². The van der Waals surface area contributed by atoms with E-state index in [2.05, 4.69) is 38.0 Å². The summed E-state index contributed by atoms with van der Waals surface area (Å²) in [6, 6.07) is 5.45. The quantitative estimate of drug-likeness (QED) is 0.798. The zero-order valence-electron chi connectivity index (χ0n) is 12.0. The summed E-state index contributed by atoms with van der Waals surface area (Å²) in [6.45, 7) is 8.09. The average molecular weight is 252 g/mol. The zero-order chi connectivity index (χ0) is 13.5. The first-order chi connectivity index (χ1) is 8.54. The van der Waals surface area contributed by atoms with Crippen molar-refractivity contribution in [2.75, 3.05) is 18.5 Å². The normalized spacial score (nSPS) is 11.0. The van der Waals surface area contributed by atoms with E-state index in [4.69, 9.17) is 0 Å². The number of unbranched alkanes of at least 4 members (excludes halogenated alkanes) is 1. The molecule has 0 aliphatic carbocycles. The fourth-order valence-electron chi connectivity index (χ4n) is 1.90. The van der Waals surface area contributed by atoms with Crippen LogP contribution in [0.1, 0.15) is 39.2 Å². The Morgan fingerprint density at radius 2 is 2.06 bits per heavy atom. The number of nitrogens with one attached hydrogen (secondary N) is 1. The molecule has 0 aromatic heterocycles. The maximum atomic E-state index is 13.3. The SMILES string of the molecule is CCCCN(C)c1ccc(F)cc1CNC(C)C. The van der Waals surface area contributed by atoms with E-state index in [1.807, 2.05) is 6.07 Å². The third-order valence-electron chi connectivity index (χ3n) is 3.00. The van der Waals surface area contributed by atoms with Gasteiger partial charge < -0.3 is 10.2 Å². The molecule has 2 nitrogen and oxygen atoms in total. The van der Waals surface area contributed by atoms with Crippen LogP contribution in [0.5, 0.6) is 0 Å². The molecule has 0 heterocycles. The van der Waals surface area contributed by atoms with Gasteiger partial charge in [-0.15, -0.1) is 0 Å². The van der Waals surface area contributed by atoms with Gasteiger partial charge in [0.05, 0.1) is 0 Å². The smallest absolute Gasteiger partial charge is 0.123 e. The Hall–Kier alpha value is -1.09. The van der Waals surface area contributed by atoms with Gasteiger partial charge in [-0.1, -0.05) is 27.2 Å². The Kier molecular flexibility index (Phi) is 6.13. The van der Waals surface area contributed by atoms with Crippen LogP contribution in [0.4, 0.5) is 10.1 Å². The summed E-state index contributed by atoms with van der Waals surface area (Å²) in [5.74, 6) is -0.164. The van der Waals surface area contributed by atoms with E-state index >= 15 is 0 Å². The molecule has 1 N–H and O–H groups in total. The van der Waals surface area contributed by atoms with Crippen LogP contribution >= 0.6 is 0 Å². The van der Waals surface area contributed by atoms with Gasteiger partial charge in [0.25, 0.3) is 0 Å². The lowest BCUT2D eigenvalue weighted by Gasteiger charge is -2.23. The third kappa shape index (κ3) is 4.65. The number of hydrogen-bond acceptors (Lipinski definition) is 2. The van der Waals surface area contributed by atoms with Gasteiger partial charge in [0, 0.05) is 31.9 Å². The molecule has 1 aromatic rings. The molecule has 0 atom stereocenters. The molecule has 3 heteroatoms. The molecule has 0 aliphatic rings. The van der Waals surface area contributed by atoms with Crippen LogP contribution in [-0.4, -0.2) is 19.6 Å². The summed E-state index contributed by atoms with van der Waals surface area (Å²) >= 11 is 0. The summed E-state index contributed by atoms with van der Waals surface area (Å²) in [5, 5.41) is 3.35. The summed E-state index contributed by atoms with van der Waals surface area (Å²) in [6.07, 6.45) is 2.33. The van der Waals surface area contributed by atoms with E-state index in [1.54, 1.807) is 6.07 Å². The summed E-state index contributed by atoms with van der Waals surface area (Å²) in [5.41, 5.74) is 2.15. The molecule has 18 heavy (non-hydrogen) atoms. The maximum Gasteiger partial charge on any atom is 0.123 e. The molecule has 102 valence electrons. The number of anilines is 1. The van der Waals surface area contributed by atoms with Gasteiger partial charge in [-0.05, 0) is 30.2 Å². The van der Waals surface area contributed by atoms with Crippen LogP contribution in [0.2, 0.25) is 0 Å². The van der Waals surface area contributed by atoms with Crippen LogP contribution in [0.3, 0.4) is 0 Å². The van der Waals surface area contributed by atoms with Crippen molar-refractivity contribution in [1.29, 1.82) is 0 Å². The molecular formula is C15H25FN2. The lowest BCUT2D eigenvalue weighted by Crippen LogP contribution is -2.25. The minimum Gasteiger partial charge on any atom is -0.374 e. The van der Waals surface area contributed by atoms with Crippen LogP contribution in [0, 0.1) is 5.82 Å². The number of nitrogens with zero attached hydrogens (tertiary/aromatic N) is 1. The van der Waals surface area contributed by atoms with Gasteiger partial charge in [-0.3, -0.25) is 0 Å². The fraction of sp³-hybridized carbons (Fsp3) is 0.600. The molecule has 0 amide bonds. The lowest BCUT2D eigenvalue weighted by atomic mass is 10.1. The lowest BCUT2D eigenvalue weighted by molar-refractivity contribution is 0.580. The molecule has 0 saturated carbocycles. The van der Waals surface area contributed by atoms with E-state index < -0.39 is 0 Å². The standard InChI is InChI=1S/C15H25FN2/c1-5-6-9-18(4)15-8-7-14(16)10-13(15)11-17-12(2)3/h7-8,10,12,17H,5-6,9,11H2,1-4H3. The highest BCUT2D eigenvalue weighted by Gasteiger charge is 2.08. The molecular weight excluding hydrogens is 227 g/mol. The molecule has 0 radical (unpaired) electrons. The molecule has 0 saturated heterocycles. The zero-order valence-corrected chi connectivity index (χ0v) is 12.0. The maximum absolute atomic E-state index is 13.3. The third-order valence-corrected chi connectivity index (χ3v) is 3.00. The first-order valence-corrected chi connectivity index (χ1v) is 6.77. The van der Waals surface area contributed by atoms with Crippen molar-refractivity contribution in [3.8, 4) is 0 Å². The van der Waals surface area contributed by atoms with Gasteiger partial charge in [0.2, 0.25) is 0 Å². The van der Waals surface area contributed by atoms with Gasteiger partial charge in [-0.25, -0.2) is 4.39 Å². The molecule has 1 aromatic carbocycles. The number of benzene rings is 1. The van der Waals surface area contributed by atoms with E-state index in [-0.39, 0.29) is 5.82 Å². The highest BCUT2D eigenvalue weighted by Crippen LogP contribution is 2.21. The summed E-state index contributed by atoms with van der Waals surface area (Å²) in [4.78, 5) is 2.21. The van der Waals surface area contributed by atoms with Crippen molar-refractivity contribution >= 4 is 5.69 Å². The topological polar surface area (TPSA) is 15.3 Å². The Labute approximate surface area is 110 Å². The highest BCUT2D eigenvalue weighted by molar-refractivity contribution is 5.53. The first-order valence-electron chi connectivity index (χ1n) is 6.77. The Balaban J connectivity index is 2.81. The molecule has 0 aliphatic heterocycles. The largest absolute Gasteiger partial charge is 0.374 e. The number of hydrogen-bond donors (Lipinski definition) is 1. The Morgan fingerprint density at radius 1 is 1.33 bits per heavy atom. The van der Waals surface area contributed by atoms with Crippen LogP contribution in [0.25, 0.3) is 0 Å². The Morgan fingerprint density at radius 3 is 2.67 bits per heavy atom. The summed E-state index contributed by atoms with van der Waals surface area (Å²) < 4.78 is 13.3.